The first-order valence-corrected chi connectivity index (χ1v) is 15.7. The van der Waals surface area contributed by atoms with E-state index in [2.05, 4.69) is 21.4 Å². The maximum Gasteiger partial charge on any atom is 0.336 e. The van der Waals surface area contributed by atoms with Gasteiger partial charge in [0, 0.05) is 54.4 Å². The second-order valence-corrected chi connectivity index (χ2v) is 12.4. The molecule has 43 heavy (non-hydrogen) atoms. The summed E-state index contributed by atoms with van der Waals surface area (Å²) in [5, 5.41) is 6.88. The third-order valence-corrected chi connectivity index (χ3v) is 9.11. The number of anilines is 2. The minimum atomic E-state index is -0.469. The van der Waals surface area contributed by atoms with Crippen LogP contribution in [0.1, 0.15) is 46.2 Å². The smallest absolute Gasteiger partial charge is 0.336 e. The highest BCUT2D eigenvalue weighted by Crippen LogP contribution is 2.38. The zero-order chi connectivity index (χ0) is 29.9. The molecule has 1 aromatic heterocycles. The molecule has 222 valence electrons. The van der Waals surface area contributed by atoms with Crippen LogP contribution in [0, 0.1) is 0 Å². The Morgan fingerprint density at radius 1 is 0.907 bits per heavy atom. The largest absolute Gasteiger partial charge is 0.423 e. The summed E-state index contributed by atoms with van der Waals surface area (Å²) in [4.78, 5) is 40.5. The van der Waals surface area contributed by atoms with Gasteiger partial charge in [0.15, 0.2) is 0 Å². The van der Waals surface area contributed by atoms with Crippen LogP contribution in [0.3, 0.4) is 0 Å². The van der Waals surface area contributed by atoms with Crippen LogP contribution in [0.5, 0.6) is 0 Å². The maximum absolute atomic E-state index is 12.8. The number of hydrogen-bond acceptors (Lipinski definition) is 6. The van der Waals surface area contributed by atoms with Crippen molar-refractivity contribution in [1.82, 2.24) is 10.0 Å². The highest BCUT2D eigenvalue weighted by Gasteiger charge is 2.25. The lowest BCUT2D eigenvalue weighted by Crippen LogP contribution is -2.27. The zero-order valence-corrected chi connectivity index (χ0v) is 25.4. The number of urea groups is 1. The second kappa shape index (κ2) is 12.6. The van der Waals surface area contributed by atoms with Crippen LogP contribution in [0.15, 0.2) is 68.7 Å². The van der Waals surface area contributed by atoms with Gasteiger partial charge in [-0.05, 0) is 115 Å². The Morgan fingerprint density at radius 3 is 2.33 bits per heavy atom. The molecule has 0 atom stereocenters. The molecule has 0 spiro atoms. The molecule has 0 fully saturated rings. The molecule has 1 heterocycles. The zero-order valence-electron chi connectivity index (χ0n) is 24.5. The number of carbonyl (C=O) groups excluding carboxylic acids is 2. The molecule has 3 amide bonds. The monoisotopic (exact) mass is 596 g/mol. The van der Waals surface area contributed by atoms with E-state index in [4.69, 9.17) is 4.42 Å². The van der Waals surface area contributed by atoms with Gasteiger partial charge in [0.1, 0.15) is 5.58 Å². The summed E-state index contributed by atoms with van der Waals surface area (Å²) >= 11 is 1.29. The summed E-state index contributed by atoms with van der Waals surface area (Å²) in [6.45, 7) is 0.474. The van der Waals surface area contributed by atoms with E-state index in [-0.39, 0.29) is 18.4 Å². The Labute approximate surface area is 255 Å². The predicted molar refractivity (Wildman–Crippen MR) is 172 cm³/mol. The number of rotatable bonds is 9. The van der Waals surface area contributed by atoms with Gasteiger partial charge in [-0.15, -0.1) is 0 Å². The third kappa shape index (κ3) is 6.57. The molecule has 0 saturated carbocycles. The van der Waals surface area contributed by atoms with Crippen LogP contribution in [-0.4, -0.2) is 32.6 Å². The summed E-state index contributed by atoms with van der Waals surface area (Å²) in [6.07, 6.45) is 7.34. The maximum atomic E-state index is 12.8. The van der Waals surface area contributed by atoms with Gasteiger partial charge in [0.2, 0.25) is 5.91 Å². The molecule has 2 aliphatic rings. The Kier molecular flexibility index (Phi) is 8.42. The van der Waals surface area contributed by atoms with Crippen molar-refractivity contribution >= 4 is 46.2 Å². The van der Waals surface area contributed by atoms with Crippen molar-refractivity contribution < 1.29 is 14.0 Å². The molecule has 0 bridgehead atoms. The molecule has 0 radical (unpaired) electrons. The number of nitrogens with zero attached hydrogens (tertiary/aromatic N) is 1. The summed E-state index contributed by atoms with van der Waals surface area (Å²) in [5.41, 5.74) is 9.11. The number of amides is 3. The molecule has 8 nitrogen and oxygen atoms in total. The van der Waals surface area contributed by atoms with Gasteiger partial charge >= 0.3 is 11.7 Å². The Morgan fingerprint density at radius 2 is 1.63 bits per heavy atom. The minimum absolute atomic E-state index is 0.0985. The van der Waals surface area contributed by atoms with Gasteiger partial charge < -0.3 is 20.0 Å². The fourth-order valence-corrected chi connectivity index (χ4v) is 6.69. The van der Waals surface area contributed by atoms with Crippen molar-refractivity contribution in [2.45, 2.75) is 56.3 Å². The lowest BCUT2D eigenvalue weighted by molar-refractivity contribution is -0.120. The number of nitrogens with one attached hydrogen (secondary N) is 3. The van der Waals surface area contributed by atoms with E-state index in [1.165, 1.54) is 40.3 Å². The lowest BCUT2D eigenvalue weighted by atomic mass is 9.99. The molecule has 4 aromatic rings. The van der Waals surface area contributed by atoms with Crippen LogP contribution in [0.2, 0.25) is 0 Å². The molecule has 9 heteroatoms. The highest BCUT2D eigenvalue weighted by molar-refractivity contribution is 7.98. The molecular formula is C34H36N4O4S. The van der Waals surface area contributed by atoms with E-state index in [9.17, 15) is 14.4 Å². The minimum Gasteiger partial charge on any atom is -0.423 e. The van der Waals surface area contributed by atoms with Crippen LogP contribution < -0.4 is 25.9 Å². The van der Waals surface area contributed by atoms with Gasteiger partial charge in [-0.25, -0.2) is 9.59 Å². The van der Waals surface area contributed by atoms with Crippen molar-refractivity contribution in [3.63, 3.8) is 0 Å². The third-order valence-electron chi connectivity index (χ3n) is 8.31. The predicted octanol–water partition coefficient (Wildman–Crippen LogP) is 5.57. The lowest BCUT2D eigenvalue weighted by Gasteiger charge is -2.16. The first kappa shape index (κ1) is 28.9. The van der Waals surface area contributed by atoms with E-state index in [0.717, 1.165) is 65.7 Å². The SMILES string of the molecule is CN(C)c1ccc2c(CC(=O)NCCc3ccc(SNC(=O)Nc4c5c(cc6c4CCC6)CCC5)cc3)cc(=O)oc2c1. The van der Waals surface area contributed by atoms with Crippen LogP contribution in [0.4, 0.5) is 16.2 Å². The van der Waals surface area contributed by atoms with Crippen molar-refractivity contribution in [3.05, 3.63) is 98.4 Å². The molecular weight excluding hydrogens is 560 g/mol. The van der Waals surface area contributed by atoms with Crippen LogP contribution in [-0.2, 0) is 43.3 Å². The summed E-state index contributed by atoms with van der Waals surface area (Å²) in [7, 11) is 3.83. The standard InChI is InChI=1S/C34H36N4O4S/c1-38(2)25-11-14-27-24(19-32(40)42-30(27)20-25)18-31(39)35-16-15-21-9-12-26(13-10-21)43-37-34(41)36-33-28-7-3-5-22(28)17-23-6-4-8-29(23)33/h9-14,17,19-20H,3-8,15-16,18H2,1-2H3,(H,35,39)(H2,36,37,41). The summed E-state index contributed by atoms with van der Waals surface area (Å²) in [6, 6.07) is 17.1. The molecule has 3 aromatic carbocycles. The fourth-order valence-electron chi connectivity index (χ4n) is 6.16. The van der Waals surface area contributed by atoms with Gasteiger partial charge in [-0.2, -0.15) is 0 Å². The van der Waals surface area contributed by atoms with Gasteiger partial charge in [-0.3, -0.25) is 9.52 Å². The topological polar surface area (TPSA) is 104 Å². The average Bonchev–Trinajstić information content (AvgIpc) is 3.66. The molecule has 2 aliphatic carbocycles. The molecule has 3 N–H and O–H groups in total. The second-order valence-electron chi connectivity index (χ2n) is 11.5. The van der Waals surface area contributed by atoms with Crippen LogP contribution >= 0.6 is 11.9 Å². The van der Waals surface area contributed by atoms with E-state index < -0.39 is 5.63 Å². The van der Waals surface area contributed by atoms with Crippen molar-refractivity contribution in [3.8, 4) is 0 Å². The molecule has 6 rings (SSSR count). The van der Waals surface area contributed by atoms with E-state index in [1.54, 1.807) is 0 Å². The molecule has 0 saturated heterocycles. The normalized spacial score (nSPS) is 13.4. The van der Waals surface area contributed by atoms with Crippen molar-refractivity contribution in [1.29, 1.82) is 0 Å². The molecule has 0 aliphatic heterocycles. The van der Waals surface area contributed by atoms with E-state index >= 15 is 0 Å². The van der Waals surface area contributed by atoms with Gasteiger partial charge in [0.25, 0.3) is 0 Å². The van der Waals surface area contributed by atoms with Crippen molar-refractivity contribution in [2.75, 3.05) is 30.9 Å². The Balaban J connectivity index is 0.984. The number of fused-ring (bicyclic) bond motifs is 3. The summed E-state index contributed by atoms with van der Waals surface area (Å²) < 4.78 is 8.30. The van der Waals surface area contributed by atoms with Crippen LogP contribution in [0.25, 0.3) is 11.0 Å². The number of hydrogen-bond donors (Lipinski definition) is 3. The number of carbonyl (C=O) groups is 2. The Bertz CT molecular complexity index is 1710. The van der Waals surface area contributed by atoms with Gasteiger partial charge in [0.05, 0.1) is 6.42 Å². The number of aryl methyl sites for hydroxylation is 2. The van der Waals surface area contributed by atoms with E-state index in [1.807, 2.05) is 61.5 Å². The van der Waals surface area contributed by atoms with Crippen molar-refractivity contribution in [2.24, 2.45) is 0 Å². The molecule has 0 unspecified atom stereocenters. The van der Waals surface area contributed by atoms with Gasteiger partial charge in [-0.1, -0.05) is 18.2 Å². The quantitative estimate of drug-likeness (QED) is 0.173. The highest BCUT2D eigenvalue weighted by atomic mass is 32.2. The van der Waals surface area contributed by atoms with E-state index in [0.29, 0.717) is 24.1 Å². The Hall–Kier alpha value is -4.24. The number of benzene rings is 3. The summed E-state index contributed by atoms with van der Waals surface area (Å²) in [5.74, 6) is -0.152. The first-order valence-electron chi connectivity index (χ1n) is 14.8. The fraction of sp³-hybridized carbons (Fsp3) is 0.324. The first-order chi connectivity index (χ1) is 20.8. The average molecular weight is 597 g/mol.